The summed E-state index contributed by atoms with van der Waals surface area (Å²) < 4.78 is 28.0. The second kappa shape index (κ2) is 8.97. The van der Waals surface area contributed by atoms with Crippen LogP contribution in [0.1, 0.15) is 47.0 Å². The van der Waals surface area contributed by atoms with Gasteiger partial charge < -0.3 is 28.8 Å². The van der Waals surface area contributed by atoms with Gasteiger partial charge in [-0.3, -0.25) is 9.59 Å². The van der Waals surface area contributed by atoms with Crippen molar-refractivity contribution in [2.24, 2.45) is 0 Å². The molecule has 4 rings (SSSR count). The molecule has 0 amide bonds. The monoisotopic (exact) mass is 504 g/mol. The fraction of sp³-hybridized carbons (Fsp3) is 0.560. The molecule has 0 spiro atoms. The number of esters is 4. The maximum absolute atomic E-state index is 12.9. The van der Waals surface area contributed by atoms with Crippen LogP contribution in [0.5, 0.6) is 0 Å². The topological polar surface area (TPSA) is 155 Å². The summed E-state index contributed by atoms with van der Waals surface area (Å²) in [5.41, 5.74) is -1.80. The SMILES string of the molecule is C=C(CO)C(=O)O[C@H]1C[C@@]2(C)OC(=O)C(C(C)=O)=C2CC[C@@]2(C)O[C@@H]2[C@H]2OC(=O)C(COC(C)=O)=C12. The summed E-state index contributed by atoms with van der Waals surface area (Å²) in [4.78, 5) is 62.2. The van der Waals surface area contributed by atoms with E-state index in [4.69, 9.17) is 23.7 Å². The number of ketones is 1. The molecule has 0 bridgehead atoms. The number of Topliss-reactive ketones (excluding diaryl/α,β-unsaturated/α-hetero) is 1. The van der Waals surface area contributed by atoms with Gasteiger partial charge in [-0.1, -0.05) is 6.58 Å². The number of hydrogen-bond acceptors (Lipinski definition) is 11. The lowest BCUT2D eigenvalue weighted by Crippen LogP contribution is -2.41. The second-order valence-corrected chi connectivity index (χ2v) is 9.78. The number of rotatable bonds is 6. The zero-order valence-corrected chi connectivity index (χ0v) is 20.5. The molecule has 0 aromatic rings. The van der Waals surface area contributed by atoms with Crippen molar-refractivity contribution in [3.63, 3.8) is 0 Å². The van der Waals surface area contributed by atoms with Crippen LogP contribution in [0.25, 0.3) is 0 Å². The maximum atomic E-state index is 12.9. The number of carbonyl (C=O) groups is 5. The van der Waals surface area contributed by atoms with Gasteiger partial charge in [0.2, 0.25) is 0 Å². The molecule has 1 saturated carbocycles. The second-order valence-electron chi connectivity index (χ2n) is 9.78. The molecular formula is C25H28O11. The number of ether oxygens (including phenoxy) is 5. The highest BCUT2D eigenvalue weighted by Crippen LogP contribution is 2.52. The van der Waals surface area contributed by atoms with Gasteiger partial charge in [0.25, 0.3) is 0 Å². The van der Waals surface area contributed by atoms with Crippen LogP contribution >= 0.6 is 0 Å². The van der Waals surface area contributed by atoms with E-state index in [0.29, 0.717) is 12.0 Å². The van der Waals surface area contributed by atoms with E-state index in [1.807, 2.05) is 6.92 Å². The number of epoxide rings is 1. The third-order valence-electron chi connectivity index (χ3n) is 7.11. The molecule has 5 atom stereocenters. The van der Waals surface area contributed by atoms with E-state index in [9.17, 15) is 29.1 Å². The zero-order chi connectivity index (χ0) is 26.6. The fourth-order valence-electron chi connectivity index (χ4n) is 5.13. The van der Waals surface area contributed by atoms with Crippen molar-refractivity contribution in [1.29, 1.82) is 0 Å². The molecule has 36 heavy (non-hydrogen) atoms. The summed E-state index contributed by atoms with van der Waals surface area (Å²) >= 11 is 0. The number of aliphatic hydroxyl groups excluding tert-OH is 1. The Morgan fingerprint density at radius 3 is 2.47 bits per heavy atom. The molecule has 1 saturated heterocycles. The van der Waals surface area contributed by atoms with Gasteiger partial charge in [-0.05, 0) is 39.2 Å². The van der Waals surface area contributed by atoms with Crippen LogP contribution in [0.2, 0.25) is 0 Å². The number of aliphatic hydroxyl groups is 1. The van der Waals surface area contributed by atoms with Crippen LogP contribution in [0.3, 0.4) is 0 Å². The predicted molar refractivity (Wildman–Crippen MR) is 119 cm³/mol. The van der Waals surface area contributed by atoms with Gasteiger partial charge in [-0.15, -0.1) is 0 Å². The minimum absolute atomic E-state index is 0.0220. The lowest BCUT2D eigenvalue weighted by molar-refractivity contribution is -0.152. The summed E-state index contributed by atoms with van der Waals surface area (Å²) in [6.45, 7) is 8.25. The molecule has 2 fully saturated rings. The molecule has 3 heterocycles. The first kappa shape index (κ1) is 25.8. The zero-order valence-electron chi connectivity index (χ0n) is 20.5. The quantitative estimate of drug-likeness (QED) is 0.179. The Hall–Kier alpha value is -3.31. The van der Waals surface area contributed by atoms with E-state index < -0.39 is 72.4 Å². The van der Waals surface area contributed by atoms with Crippen molar-refractivity contribution in [2.45, 2.75) is 76.5 Å². The molecule has 11 nitrogen and oxygen atoms in total. The highest BCUT2D eigenvalue weighted by Gasteiger charge is 2.63. The molecule has 11 heteroatoms. The third kappa shape index (κ3) is 4.37. The van der Waals surface area contributed by atoms with Gasteiger partial charge in [0.05, 0.1) is 23.4 Å². The third-order valence-corrected chi connectivity index (χ3v) is 7.11. The first-order valence-electron chi connectivity index (χ1n) is 11.5. The Morgan fingerprint density at radius 2 is 1.86 bits per heavy atom. The van der Waals surface area contributed by atoms with Crippen molar-refractivity contribution in [2.75, 3.05) is 13.2 Å². The summed E-state index contributed by atoms with van der Waals surface area (Å²) in [5.74, 6) is -3.58. The lowest BCUT2D eigenvalue weighted by atomic mass is 9.78. The highest BCUT2D eigenvalue weighted by atomic mass is 16.7. The van der Waals surface area contributed by atoms with Gasteiger partial charge in [0, 0.05) is 18.9 Å². The van der Waals surface area contributed by atoms with Crippen LogP contribution < -0.4 is 0 Å². The number of hydrogen-bond donors (Lipinski definition) is 1. The molecule has 0 aromatic heterocycles. The summed E-state index contributed by atoms with van der Waals surface area (Å²) in [7, 11) is 0. The average Bonchev–Trinajstić information content (AvgIpc) is 3.23. The molecule has 0 aromatic carbocycles. The van der Waals surface area contributed by atoms with Gasteiger partial charge in [-0.2, -0.15) is 0 Å². The first-order valence-corrected chi connectivity index (χ1v) is 11.5. The van der Waals surface area contributed by atoms with Gasteiger partial charge in [-0.25, -0.2) is 14.4 Å². The smallest absolute Gasteiger partial charge is 0.342 e. The van der Waals surface area contributed by atoms with Crippen LogP contribution in [-0.2, 0) is 47.7 Å². The molecule has 1 aliphatic carbocycles. The summed E-state index contributed by atoms with van der Waals surface area (Å²) in [5, 5.41) is 9.38. The Kier molecular flexibility index (Phi) is 6.42. The first-order chi connectivity index (χ1) is 16.8. The van der Waals surface area contributed by atoms with E-state index in [2.05, 4.69) is 6.58 Å². The van der Waals surface area contributed by atoms with E-state index in [0.717, 1.165) is 0 Å². The van der Waals surface area contributed by atoms with Gasteiger partial charge >= 0.3 is 23.9 Å². The predicted octanol–water partition coefficient (Wildman–Crippen LogP) is 0.774. The highest BCUT2D eigenvalue weighted by molar-refractivity contribution is 6.18. The van der Waals surface area contributed by atoms with Crippen molar-refractivity contribution in [1.82, 2.24) is 0 Å². The standard InChI is InChI=1S/C25H28O11/c1-11(9-26)21(29)33-16-8-25(5)15(17(12(2)27)23(31)36-25)6-7-24(4)20(35-24)19-18(16)14(22(30)34-19)10-32-13(3)28/h16,19-20,26H,1,6-10H2,2-5H3/t16-,19-,20+,24+,25+/m0/s1. The van der Waals surface area contributed by atoms with E-state index >= 15 is 0 Å². The Balaban J connectivity index is 1.87. The van der Waals surface area contributed by atoms with Crippen LogP contribution in [0.4, 0.5) is 0 Å². The Morgan fingerprint density at radius 1 is 1.17 bits per heavy atom. The molecule has 0 radical (unpaired) electrons. The summed E-state index contributed by atoms with van der Waals surface area (Å²) in [6, 6.07) is 0. The molecule has 1 N–H and O–H groups in total. The number of fused-ring (bicyclic) bond motifs is 4. The van der Waals surface area contributed by atoms with Crippen LogP contribution in [-0.4, -0.2) is 77.5 Å². The molecule has 194 valence electrons. The fourth-order valence-corrected chi connectivity index (χ4v) is 5.13. The van der Waals surface area contributed by atoms with E-state index in [-0.39, 0.29) is 35.1 Å². The normalized spacial score (nSPS) is 33.1. The molecule has 4 aliphatic rings. The Labute approximate surface area is 207 Å². The summed E-state index contributed by atoms with van der Waals surface area (Å²) in [6.07, 6.45) is -2.25. The lowest BCUT2D eigenvalue weighted by Gasteiger charge is -2.34. The molecule has 3 aliphatic heterocycles. The van der Waals surface area contributed by atoms with Crippen LogP contribution in [0, 0.1) is 0 Å². The minimum Gasteiger partial charge on any atom is -0.461 e. The molecular weight excluding hydrogens is 476 g/mol. The van der Waals surface area contributed by atoms with E-state index in [1.54, 1.807) is 6.92 Å². The average molecular weight is 504 g/mol. The maximum Gasteiger partial charge on any atom is 0.342 e. The largest absolute Gasteiger partial charge is 0.461 e. The van der Waals surface area contributed by atoms with Crippen molar-refractivity contribution in [3.8, 4) is 0 Å². The van der Waals surface area contributed by atoms with Gasteiger partial charge in [0.15, 0.2) is 11.9 Å². The number of carbonyl (C=O) groups excluding carboxylic acids is 5. The minimum atomic E-state index is -1.36. The van der Waals surface area contributed by atoms with Gasteiger partial charge in [0.1, 0.15) is 30.0 Å². The Bertz CT molecular complexity index is 1140. The van der Waals surface area contributed by atoms with E-state index in [1.165, 1.54) is 13.8 Å². The van der Waals surface area contributed by atoms with Crippen molar-refractivity contribution < 1.29 is 52.8 Å². The molecule has 0 unspecified atom stereocenters. The van der Waals surface area contributed by atoms with Crippen molar-refractivity contribution in [3.05, 3.63) is 34.4 Å². The van der Waals surface area contributed by atoms with Crippen molar-refractivity contribution >= 4 is 29.7 Å². The van der Waals surface area contributed by atoms with Crippen LogP contribution in [0.15, 0.2) is 34.4 Å².